The van der Waals surface area contributed by atoms with Crippen molar-refractivity contribution >= 4 is 29.9 Å². The average molecular weight is 462 g/mol. The Morgan fingerprint density at radius 2 is 2.08 bits per heavy atom. The van der Waals surface area contributed by atoms with Crippen molar-refractivity contribution in [1.29, 1.82) is 0 Å². The molecule has 1 aromatic heterocycles. The van der Waals surface area contributed by atoms with Crippen molar-refractivity contribution in [1.82, 2.24) is 14.8 Å². The van der Waals surface area contributed by atoms with Gasteiger partial charge in [-0.15, -0.1) is 24.0 Å². The van der Waals surface area contributed by atoms with Crippen molar-refractivity contribution in [3.63, 3.8) is 0 Å². The van der Waals surface area contributed by atoms with E-state index in [1.54, 1.807) is 16.7 Å². The van der Waals surface area contributed by atoms with Crippen LogP contribution in [0.4, 0.5) is 0 Å². The molecule has 1 aliphatic heterocycles. The molecule has 1 N–H and O–H groups in total. The number of aryl methyl sites for hydroxylation is 1. The van der Waals surface area contributed by atoms with Gasteiger partial charge in [-0.1, -0.05) is 6.07 Å². The van der Waals surface area contributed by atoms with Crippen molar-refractivity contribution in [2.24, 2.45) is 4.99 Å². The number of nitrogens with one attached hydrogen (secondary N) is 1. The van der Waals surface area contributed by atoms with E-state index in [1.165, 1.54) is 0 Å². The zero-order chi connectivity index (χ0) is 17.2. The van der Waals surface area contributed by atoms with Crippen LogP contribution in [0.15, 0.2) is 34.2 Å². The fourth-order valence-electron chi connectivity index (χ4n) is 3.05. The predicted octanol–water partition coefficient (Wildman–Crippen LogP) is 2.32. The maximum atomic E-state index is 11.6. The smallest absolute Gasteiger partial charge is 0.250 e. The molecule has 2 rings (SSSR count). The van der Waals surface area contributed by atoms with E-state index in [0.717, 1.165) is 64.4 Å². The lowest BCUT2D eigenvalue weighted by molar-refractivity contribution is 0.0264. The molecule has 1 saturated heterocycles. The largest absolute Gasteiger partial charge is 0.378 e. The minimum atomic E-state index is 0. The highest BCUT2D eigenvalue weighted by atomic mass is 127. The Kier molecular flexibility index (Phi) is 10.8. The number of likely N-dealkylation sites (tertiary alicyclic amines) is 1. The number of guanidine groups is 1. The monoisotopic (exact) mass is 462 g/mol. The van der Waals surface area contributed by atoms with E-state index in [0.29, 0.717) is 6.10 Å². The van der Waals surface area contributed by atoms with Crippen LogP contribution in [0.25, 0.3) is 0 Å². The van der Waals surface area contributed by atoms with Gasteiger partial charge >= 0.3 is 0 Å². The molecule has 1 fully saturated rings. The van der Waals surface area contributed by atoms with E-state index >= 15 is 0 Å². The van der Waals surface area contributed by atoms with Crippen LogP contribution in [0.3, 0.4) is 0 Å². The first kappa shape index (κ1) is 22.0. The number of unbranched alkanes of at least 4 members (excludes halogenated alkanes) is 1. The summed E-state index contributed by atoms with van der Waals surface area (Å²) in [6.45, 7) is 6.46. The summed E-state index contributed by atoms with van der Waals surface area (Å²) >= 11 is 0. The molecule has 1 aliphatic rings. The van der Waals surface area contributed by atoms with Gasteiger partial charge < -0.3 is 19.5 Å². The lowest BCUT2D eigenvalue weighted by Gasteiger charge is -2.34. The molecule has 7 heteroatoms. The van der Waals surface area contributed by atoms with Crippen molar-refractivity contribution < 1.29 is 4.74 Å². The Bertz CT molecular complexity index is 568. The van der Waals surface area contributed by atoms with Crippen molar-refractivity contribution in [3.8, 4) is 0 Å². The van der Waals surface area contributed by atoms with E-state index in [1.807, 2.05) is 19.3 Å². The Morgan fingerprint density at radius 3 is 2.72 bits per heavy atom. The molecule has 142 valence electrons. The number of ether oxygens (including phenoxy) is 1. The number of nitrogens with zero attached hydrogens (tertiary/aromatic N) is 3. The first-order valence-corrected chi connectivity index (χ1v) is 8.97. The zero-order valence-electron chi connectivity index (χ0n) is 15.3. The maximum Gasteiger partial charge on any atom is 0.250 e. The molecule has 0 saturated carbocycles. The summed E-state index contributed by atoms with van der Waals surface area (Å²) in [6, 6.07) is 5.28. The molecule has 6 nitrogen and oxygen atoms in total. The van der Waals surface area contributed by atoms with Crippen molar-refractivity contribution in [2.45, 2.75) is 45.3 Å². The Labute approximate surface area is 167 Å². The fraction of sp³-hybridized carbons (Fsp3) is 0.667. The third-order valence-electron chi connectivity index (χ3n) is 4.36. The summed E-state index contributed by atoms with van der Waals surface area (Å²) in [5, 5.41) is 3.43. The topological polar surface area (TPSA) is 58.9 Å². The van der Waals surface area contributed by atoms with Crippen LogP contribution < -0.4 is 10.9 Å². The van der Waals surface area contributed by atoms with Gasteiger partial charge in [0.15, 0.2) is 5.96 Å². The minimum absolute atomic E-state index is 0. The van der Waals surface area contributed by atoms with Gasteiger partial charge in [-0.2, -0.15) is 0 Å². The zero-order valence-corrected chi connectivity index (χ0v) is 17.6. The molecule has 0 unspecified atom stereocenters. The molecular weight excluding hydrogens is 431 g/mol. The molecule has 2 heterocycles. The second-order valence-corrected chi connectivity index (χ2v) is 6.06. The van der Waals surface area contributed by atoms with Gasteiger partial charge in [0.25, 0.3) is 0 Å². The lowest BCUT2D eigenvalue weighted by Crippen LogP contribution is -2.47. The molecule has 0 atom stereocenters. The summed E-state index contributed by atoms with van der Waals surface area (Å²) in [5.74, 6) is 0.974. The summed E-state index contributed by atoms with van der Waals surface area (Å²) in [5.41, 5.74) is 0.0680. The normalized spacial score (nSPS) is 15.8. The maximum absolute atomic E-state index is 11.6. The Balaban J connectivity index is 0.00000312. The Hall–Kier alpha value is -1.09. The number of aromatic nitrogens is 1. The predicted molar refractivity (Wildman–Crippen MR) is 113 cm³/mol. The number of rotatable bonds is 7. The lowest BCUT2D eigenvalue weighted by atomic mass is 10.1. The van der Waals surface area contributed by atoms with E-state index in [9.17, 15) is 4.79 Å². The van der Waals surface area contributed by atoms with Crippen LogP contribution in [0, 0.1) is 0 Å². The third-order valence-corrected chi connectivity index (χ3v) is 4.36. The van der Waals surface area contributed by atoms with Gasteiger partial charge in [-0.05, 0) is 38.7 Å². The van der Waals surface area contributed by atoms with Crippen LogP contribution in [0.1, 0.15) is 32.6 Å². The highest BCUT2D eigenvalue weighted by molar-refractivity contribution is 14.0. The van der Waals surface area contributed by atoms with Gasteiger partial charge in [0, 0.05) is 52.1 Å². The quantitative estimate of drug-likeness (QED) is 0.293. The highest BCUT2D eigenvalue weighted by Gasteiger charge is 2.21. The first-order chi connectivity index (χ1) is 11.7. The van der Waals surface area contributed by atoms with Gasteiger partial charge in [0.1, 0.15) is 0 Å². The highest BCUT2D eigenvalue weighted by Crippen LogP contribution is 2.13. The molecule has 0 spiro atoms. The standard InChI is InChI=1S/C18H30N4O2.HI/c1-3-24-16-9-14-22(15-10-16)18(19-2)20-11-5-7-13-21-12-6-4-8-17(21)23;/h4,6,8,12,16H,3,5,7,9-11,13-15H2,1-2H3,(H,19,20);1H. The van der Waals surface area contributed by atoms with Gasteiger partial charge in [-0.25, -0.2) is 0 Å². The molecule has 0 bridgehead atoms. The summed E-state index contributed by atoms with van der Waals surface area (Å²) in [7, 11) is 1.83. The molecule has 0 radical (unpaired) electrons. The van der Waals surface area contributed by atoms with Gasteiger partial charge in [-0.3, -0.25) is 9.79 Å². The van der Waals surface area contributed by atoms with Gasteiger partial charge in [0.05, 0.1) is 6.10 Å². The summed E-state index contributed by atoms with van der Waals surface area (Å²) in [6.07, 6.45) is 6.35. The molecule has 1 aromatic rings. The summed E-state index contributed by atoms with van der Waals surface area (Å²) < 4.78 is 7.45. The van der Waals surface area contributed by atoms with Crippen LogP contribution in [-0.4, -0.2) is 54.8 Å². The van der Waals surface area contributed by atoms with E-state index in [-0.39, 0.29) is 29.5 Å². The number of piperidine rings is 1. The third kappa shape index (κ3) is 7.35. The van der Waals surface area contributed by atoms with E-state index in [2.05, 4.69) is 22.1 Å². The average Bonchev–Trinajstić information content (AvgIpc) is 2.61. The van der Waals surface area contributed by atoms with Crippen molar-refractivity contribution in [2.75, 3.05) is 33.3 Å². The number of hydrogen-bond donors (Lipinski definition) is 1. The fourth-order valence-corrected chi connectivity index (χ4v) is 3.05. The van der Waals surface area contributed by atoms with E-state index < -0.39 is 0 Å². The van der Waals surface area contributed by atoms with Crippen LogP contribution >= 0.6 is 24.0 Å². The van der Waals surface area contributed by atoms with Crippen LogP contribution in [-0.2, 0) is 11.3 Å². The SMILES string of the molecule is CCOC1CCN(C(=NC)NCCCCn2ccccc2=O)CC1.I. The first-order valence-electron chi connectivity index (χ1n) is 8.97. The molecule has 25 heavy (non-hydrogen) atoms. The number of halogens is 1. The number of hydrogen-bond acceptors (Lipinski definition) is 3. The van der Waals surface area contributed by atoms with Crippen molar-refractivity contribution in [3.05, 3.63) is 34.7 Å². The Morgan fingerprint density at radius 1 is 1.32 bits per heavy atom. The molecular formula is C18H31IN4O2. The minimum Gasteiger partial charge on any atom is -0.378 e. The number of aliphatic imine (C=N–C) groups is 1. The van der Waals surface area contributed by atoms with E-state index in [4.69, 9.17) is 4.74 Å². The van der Waals surface area contributed by atoms with Gasteiger partial charge in [0.2, 0.25) is 5.56 Å². The van der Waals surface area contributed by atoms with Crippen LogP contribution in [0.5, 0.6) is 0 Å². The van der Waals surface area contributed by atoms with Crippen LogP contribution in [0.2, 0.25) is 0 Å². The molecule has 0 aromatic carbocycles. The number of pyridine rings is 1. The summed E-state index contributed by atoms with van der Waals surface area (Å²) in [4.78, 5) is 18.3. The molecule has 0 amide bonds. The molecule has 0 aliphatic carbocycles. The second-order valence-electron chi connectivity index (χ2n) is 6.06. The second kappa shape index (κ2) is 12.3.